The molecule has 256 valence electrons. The summed E-state index contributed by atoms with van der Waals surface area (Å²) in [7, 11) is 0. The molecular weight excluding hydrogens is 748 g/mol. The van der Waals surface area contributed by atoms with Gasteiger partial charge in [-0.2, -0.15) is 0 Å². The summed E-state index contributed by atoms with van der Waals surface area (Å²) < 4.78 is 24.2. The lowest BCUT2D eigenvalue weighted by Gasteiger charge is -2.33. The van der Waals surface area contributed by atoms with Crippen molar-refractivity contribution >= 4 is 39.6 Å². The Morgan fingerprint density at radius 1 is 0.596 bits per heavy atom. The van der Waals surface area contributed by atoms with Crippen LogP contribution in [0.3, 0.4) is 0 Å². The largest absolute Gasteiger partial charge is 0.462 e. The van der Waals surface area contributed by atoms with E-state index in [2.05, 4.69) is 46.9 Å². The van der Waals surface area contributed by atoms with Crippen LogP contribution in [0.25, 0.3) is 22.4 Å². The Balaban J connectivity index is 0.000000149. The quantitative estimate of drug-likeness (QED) is 0.174. The molecule has 0 aliphatic carbocycles. The van der Waals surface area contributed by atoms with Crippen molar-refractivity contribution in [3.8, 4) is 45.4 Å². The number of amidine groups is 2. The molecule has 2 atom stereocenters. The van der Waals surface area contributed by atoms with Crippen LogP contribution in [0.5, 0.6) is 23.0 Å². The van der Waals surface area contributed by atoms with Gasteiger partial charge in [-0.05, 0) is 66.2 Å². The monoisotopic (exact) mass is 772 g/mol. The topological polar surface area (TPSA) is 165 Å². The van der Waals surface area contributed by atoms with Crippen molar-refractivity contribution in [3.05, 3.63) is 142 Å². The number of aliphatic imine (C=N–C) groups is 2. The highest BCUT2D eigenvalue weighted by Crippen LogP contribution is 2.53. The second kappa shape index (κ2) is 12.3. The molecule has 6 aromatic rings. The second-order valence-electron chi connectivity index (χ2n) is 12.3. The van der Waals surface area contributed by atoms with Crippen LogP contribution in [-0.4, -0.2) is 45.2 Å². The average molecular weight is 774 g/mol. The van der Waals surface area contributed by atoms with Gasteiger partial charge in [0, 0.05) is 62.6 Å². The first-order valence-electron chi connectivity index (χ1n) is 16.1. The summed E-state index contributed by atoms with van der Waals surface area (Å²) in [6.07, 6.45) is 10.4. The Morgan fingerprint density at radius 2 is 1.17 bits per heavy atom. The number of halogens is 2. The summed E-state index contributed by atoms with van der Waals surface area (Å²) in [6, 6.07) is 23.6. The number of nitrogens with two attached hydrogens (primary N) is 2. The third-order valence-corrected chi connectivity index (χ3v) is 9.96. The van der Waals surface area contributed by atoms with Gasteiger partial charge in [0.05, 0.1) is 18.1 Å². The van der Waals surface area contributed by atoms with Crippen LogP contribution in [0, 0.1) is 0 Å². The Kier molecular flexibility index (Phi) is 7.56. The molecule has 2 spiro atoms. The number of nitrogens with zero attached hydrogens (tertiary/aromatic N) is 6. The van der Waals surface area contributed by atoms with Gasteiger partial charge in [-0.3, -0.25) is 15.0 Å². The molecule has 4 aromatic heterocycles. The molecule has 0 amide bonds. The van der Waals surface area contributed by atoms with Crippen LogP contribution in [0.2, 0.25) is 5.15 Å². The minimum absolute atomic E-state index is 0.154. The fraction of sp³-hybridized carbons (Fsp3) is 0.105. The maximum absolute atomic E-state index is 6.22. The van der Waals surface area contributed by atoms with Crippen molar-refractivity contribution in [3.63, 3.8) is 0 Å². The normalized spacial score (nSPS) is 20.0. The van der Waals surface area contributed by atoms with Crippen molar-refractivity contribution in [2.75, 3.05) is 13.2 Å². The summed E-state index contributed by atoms with van der Waals surface area (Å²) in [4.78, 5) is 26.4. The summed E-state index contributed by atoms with van der Waals surface area (Å²) in [5.41, 5.74) is 17.3. The summed E-state index contributed by atoms with van der Waals surface area (Å²) in [6.45, 7) is 0.591. The number of benzene rings is 2. The predicted octanol–water partition coefficient (Wildman–Crippen LogP) is 7.09. The van der Waals surface area contributed by atoms with Crippen LogP contribution >= 0.6 is 27.5 Å². The summed E-state index contributed by atoms with van der Waals surface area (Å²) in [5, 5.41) is 0.371. The Morgan fingerprint density at radius 3 is 1.79 bits per heavy atom. The average Bonchev–Trinajstić information content (AvgIpc) is 3.76. The van der Waals surface area contributed by atoms with Crippen LogP contribution in [0.4, 0.5) is 0 Å². The third kappa shape index (κ3) is 5.28. The number of ether oxygens (including phenoxy) is 4. The highest BCUT2D eigenvalue weighted by molar-refractivity contribution is 9.10. The van der Waals surface area contributed by atoms with Crippen LogP contribution in [0.15, 0.2) is 124 Å². The maximum atomic E-state index is 6.22. The van der Waals surface area contributed by atoms with Crippen molar-refractivity contribution < 1.29 is 18.9 Å². The fourth-order valence-corrected chi connectivity index (χ4v) is 7.37. The van der Waals surface area contributed by atoms with E-state index in [1.54, 1.807) is 37.1 Å². The molecule has 0 fully saturated rings. The van der Waals surface area contributed by atoms with E-state index in [9.17, 15) is 0 Å². The molecule has 52 heavy (non-hydrogen) atoms. The molecule has 0 saturated heterocycles. The Bertz CT molecular complexity index is 2310. The fourth-order valence-electron chi connectivity index (χ4n) is 6.85. The van der Waals surface area contributed by atoms with Crippen molar-refractivity contribution in [2.45, 2.75) is 11.1 Å². The van der Waals surface area contributed by atoms with E-state index in [1.165, 1.54) is 0 Å². The lowest BCUT2D eigenvalue weighted by molar-refractivity contribution is 0.264. The first-order chi connectivity index (χ1) is 25.3. The minimum atomic E-state index is -0.814. The molecule has 14 heteroatoms. The number of fused-ring (bicyclic) bond motifs is 8. The minimum Gasteiger partial charge on any atom is -0.462 e. The molecule has 8 heterocycles. The zero-order valence-electron chi connectivity index (χ0n) is 27.0. The molecule has 0 radical (unpaired) electrons. The van der Waals surface area contributed by atoms with Gasteiger partial charge in [0.1, 0.15) is 29.9 Å². The molecule has 0 saturated carbocycles. The van der Waals surface area contributed by atoms with E-state index in [-0.39, 0.29) is 18.7 Å². The molecular formula is C38H26BrClN8O4. The van der Waals surface area contributed by atoms with E-state index in [0.29, 0.717) is 34.8 Å². The molecule has 4 aliphatic heterocycles. The molecule has 12 nitrogen and oxygen atoms in total. The Labute approximate surface area is 310 Å². The zero-order valence-corrected chi connectivity index (χ0v) is 29.4. The van der Waals surface area contributed by atoms with Crippen molar-refractivity contribution in [2.24, 2.45) is 21.5 Å². The maximum Gasteiger partial charge on any atom is 0.283 e. The number of rotatable bonds is 2. The smallest absolute Gasteiger partial charge is 0.283 e. The highest BCUT2D eigenvalue weighted by Gasteiger charge is 2.48. The van der Waals surface area contributed by atoms with Crippen LogP contribution in [0.1, 0.15) is 22.3 Å². The SMILES string of the molecule is NC1=N[C@@]2(CO1)c1cc(-c3cccnc3)ccc1Oc1cnc(-c3cccnc3)cc12.NC1=N[C@@]2(CO1)c1cc(Br)ccc1Oc1cnc(Cl)cc12. The van der Waals surface area contributed by atoms with Crippen LogP contribution in [-0.2, 0) is 20.6 Å². The predicted molar refractivity (Wildman–Crippen MR) is 197 cm³/mol. The van der Waals surface area contributed by atoms with E-state index in [1.807, 2.05) is 66.9 Å². The molecule has 4 N–H and O–H groups in total. The van der Waals surface area contributed by atoms with Gasteiger partial charge in [-0.1, -0.05) is 39.7 Å². The molecule has 10 rings (SSSR count). The first kappa shape index (κ1) is 31.9. The lowest BCUT2D eigenvalue weighted by atomic mass is 9.80. The van der Waals surface area contributed by atoms with E-state index >= 15 is 0 Å². The van der Waals surface area contributed by atoms with E-state index < -0.39 is 11.1 Å². The van der Waals surface area contributed by atoms with Gasteiger partial charge in [0.15, 0.2) is 22.6 Å². The summed E-state index contributed by atoms with van der Waals surface area (Å²) >= 11 is 9.51. The lowest BCUT2D eigenvalue weighted by Crippen LogP contribution is -2.31. The number of hydrogen-bond donors (Lipinski definition) is 2. The van der Waals surface area contributed by atoms with E-state index in [0.717, 1.165) is 49.1 Å². The van der Waals surface area contributed by atoms with Gasteiger partial charge in [0.2, 0.25) is 0 Å². The first-order valence-corrected chi connectivity index (χ1v) is 17.2. The molecule has 0 bridgehead atoms. The molecule has 2 aromatic carbocycles. The van der Waals surface area contributed by atoms with Gasteiger partial charge < -0.3 is 30.4 Å². The van der Waals surface area contributed by atoms with Crippen molar-refractivity contribution in [1.82, 2.24) is 19.9 Å². The number of aromatic nitrogens is 4. The second-order valence-corrected chi connectivity index (χ2v) is 13.6. The molecule has 4 aliphatic rings. The number of hydrogen-bond acceptors (Lipinski definition) is 12. The third-order valence-electron chi connectivity index (χ3n) is 9.26. The highest BCUT2D eigenvalue weighted by atomic mass is 79.9. The van der Waals surface area contributed by atoms with Gasteiger partial charge in [-0.15, -0.1) is 0 Å². The van der Waals surface area contributed by atoms with Gasteiger partial charge in [-0.25, -0.2) is 15.0 Å². The van der Waals surface area contributed by atoms with Crippen LogP contribution < -0.4 is 20.9 Å². The zero-order chi connectivity index (χ0) is 35.5. The Hall–Kier alpha value is -6.05. The van der Waals surface area contributed by atoms with Gasteiger partial charge in [0.25, 0.3) is 12.0 Å². The molecule has 0 unspecified atom stereocenters. The summed E-state index contributed by atoms with van der Waals surface area (Å²) in [5.74, 6) is 2.66. The van der Waals surface area contributed by atoms with Crippen molar-refractivity contribution in [1.29, 1.82) is 0 Å². The standard InChI is InChI=1S/C24H17N5O2.C14H9BrClN3O2/c25-23-29-24(14-30-23)18-9-15(16-3-1-7-26-11-16)5-6-21(18)31-22-13-28-20(10-19(22)24)17-4-2-8-27-12-17;15-7-1-2-10-8(3-7)14(6-20-13(17)19-14)9-4-12(16)18-5-11(9)21-10/h1-13H,14H2,(H2,25,29);1-5H,6H2,(H2,17,19)/t24-;14-/m00/s1. The van der Waals surface area contributed by atoms with Gasteiger partial charge >= 0.3 is 0 Å². The van der Waals surface area contributed by atoms with E-state index in [4.69, 9.17) is 47.0 Å². The number of pyridine rings is 4.